The zero-order valence-corrected chi connectivity index (χ0v) is 16.8. The number of aromatic nitrogens is 3. The third-order valence-corrected chi connectivity index (χ3v) is 5.47. The van der Waals surface area contributed by atoms with Crippen LogP contribution < -0.4 is 15.4 Å². The number of hydrogen-bond donors (Lipinski definition) is 2. The lowest BCUT2D eigenvalue weighted by molar-refractivity contribution is -0.121. The van der Waals surface area contributed by atoms with Crippen LogP contribution >= 0.6 is 0 Å². The number of benzene rings is 2. The molecule has 2 N–H and O–H groups in total. The Morgan fingerprint density at radius 1 is 1.21 bits per heavy atom. The summed E-state index contributed by atoms with van der Waals surface area (Å²) < 4.78 is 7.18. The molecule has 7 nitrogen and oxygen atoms in total. The second-order valence-corrected chi connectivity index (χ2v) is 7.22. The van der Waals surface area contributed by atoms with Crippen molar-refractivity contribution < 1.29 is 9.53 Å². The highest BCUT2D eigenvalue weighted by atomic mass is 16.5. The summed E-state index contributed by atoms with van der Waals surface area (Å²) in [6.45, 7) is 4.12. The molecule has 7 heteroatoms. The van der Waals surface area contributed by atoms with Gasteiger partial charge in [-0.05, 0) is 36.6 Å². The van der Waals surface area contributed by atoms with E-state index in [1.165, 1.54) is 11.9 Å². The Bertz CT molecular complexity index is 998. The van der Waals surface area contributed by atoms with Crippen molar-refractivity contribution in [2.24, 2.45) is 5.92 Å². The molecular weight excluding hydrogens is 366 g/mol. The number of rotatable bonds is 5. The molecule has 0 aliphatic carbocycles. The number of amides is 1. The number of ether oxygens (including phenoxy) is 1. The lowest BCUT2D eigenvalue weighted by Crippen LogP contribution is -2.46. The van der Waals surface area contributed by atoms with Gasteiger partial charge in [-0.25, -0.2) is 4.68 Å². The van der Waals surface area contributed by atoms with Crippen molar-refractivity contribution in [3.05, 3.63) is 66.0 Å². The number of nitrogens with zero attached hydrogens (tertiary/aromatic N) is 3. The van der Waals surface area contributed by atoms with E-state index >= 15 is 0 Å². The summed E-state index contributed by atoms with van der Waals surface area (Å²) in [5.41, 5.74) is 2.93. The van der Waals surface area contributed by atoms with Crippen molar-refractivity contribution in [3.63, 3.8) is 0 Å². The highest BCUT2D eigenvalue weighted by Gasteiger charge is 2.41. The third-order valence-electron chi connectivity index (χ3n) is 5.47. The summed E-state index contributed by atoms with van der Waals surface area (Å²) in [5, 5.41) is 10.7. The molecule has 1 aliphatic rings. The van der Waals surface area contributed by atoms with E-state index in [-0.39, 0.29) is 23.9 Å². The quantitative estimate of drug-likeness (QED) is 0.696. The topological polar surface area (TPSA) is 81.1 Å². The number of hydrogen-bond acceptors (Lipinski definition) is 5. The lowest BCUT2D eigenvalue weighted by Gasteiger charge is -2.37. The molecule has 0 radical (unpaired) electrons. The Morgan fingerprint density at radius 2 is 1.97 bits per heavy atom. The molecule has 0 bridgehead atoms. The molecule has 1 aliphatic heterocycles. The molecule has 150 valence electrons. The molecule has 0 spiro atoms. The molecule has 3 aromatic rings. The van der Waals surface area contributed by atoms with Gasteiger partial charge in [-0.15, -0.1) is 0 Å². The van der Waals surface area contributed by atoms with Crippen LogP contribution in [-0.4, -0.2) is 33.8 Å². The smallest absolute Gasteiger partial charge is 0.232 e. The van der Waals surface area contributed by atoms with Crippen LogP contribution in [0.5, 0.6) is 5.75 Å². The van der Waals surface area contributed by atoms with Gasteiger partial charge < -0.3 is 15.4 Å². The molecule has 3 atom stereocenters. The standard InChI is InChI=1S/C22H25N5O2/c1-4-15-9-11-16(12-10-15)20-19(14(2)25-22-23-13-24-27(20)22)21(28)26-17-7-5-6-8-18(17)29-3/h5-14,19-20H,4H2,1-3H3,(H,26,28)(H,23,24,25)/t14-,19+,20-/m0/s1. The number of methoxy groups -OCH3 is 1. The van der Waals surface area contributed by atoms with Gasteiger partial charge in [0.25, 0.3) is 0 Å². The lowest BCUT2D eigenvalue weighted by atomic mass is 9.85. The van der Waals surface area contributed by atoms with E-state index in [0.717, 1.165) is 12.0 Å². The SMILES string of the molecule is CCc1ccc([C@H]2[C@H](C(=O)Nc3ccccc3OC)[C@H](C)Nc3ncnn32)cc1. The van der Waals surface area contributed by atoms with Gasteiger partial charge in [0.05, 0.1) is 24.8 Å². The van der Waals surface area contributed by atoms with Gasteiger partial charge in [0.2, 0.25) is 11.9 Å². The number of anilines is 2. The summed E-state index contributed by atoms with van der Waals surface area (Å²) in [6, 6.07) is 15.4. The van der Waals surface area contributed by atoms with E-state index in [2.05, 4.69) is 51.9 Å². The van der Waals surface area contributed by atoms with Crippen LogP contribution in [0.1, 0.15) is 31.0 Å². The van der Waals surface area contributed by atoms with Gasteiger partial charge in [-0.3, -0.25) is 4.79 Å². The van der Waals surface area contributed by atoms with Crippen molar-refractivity contribution in [2.75, 3.05) is 17.7 Å². The zero-order chi connectivity index (χ0) is 20.4. The maximum atomic E-state index is 13.4. The Morgan fingerprint density at radius 3 is 2.69 bits per heavy atom. The van der Waals surface area contributed by atoms with E-state index < -0.39 is 0 Å². The zero-order valence-electron chi connectivity index (χ0n) is 16.8. The Kier molecular flexibility index (Phi) is 5.20. The second-order valence-electron chi connectivity index (χ2n) is 7.22. The first-order valence-electron chi connectivity index (χ1n) is 9.81. The average Bonchev–Trinajstić information content (AvgIpc) is 3.21. The molecule has 29 heavy (non-hydrogen) atoms. The Hall–Kier alpha value is -3.35. The van der Waals surface area contributed by atoms with Crippen molar-refractivity contribution in [1.29, 1.82) is 0 Å². The van der Waals surface area contributed by atoms with Crippen LogP contribution in [0.3, 0.4) is 0 Å². The van der Waals surface area contributed by atoms with Crippen LogP contribution in [0.25, 0.3) is 0 Å². The fraction of sp³-hybridized carbons (Fsp3) is 0.318. The molecule has 2 aromatic carbocycles. The Balaban J connectivity index is 1.71. The maximum Gasteiger partial charge on any atom is 0.232 e. The number of nitrogens with one attached hydrogen (secondary N) is 2. The second kappa shape index (κ2) is 7.95. The van der Waals surface area contributed by atoms with Gasteiger partial charge in [-0.1, -0.05) is 43.3 Å². The summed E-state index contributed by atoms with van der Waals surface area (Å²) in [5.74, 6) is 0.813. The predicted octanol–water partition coefficient (Wildman–Crippen LogP) is 3.51. The average molecular weight is 391 g/mol. The van der Waals surface area contributed by atoms with E-state index in [9.17, 15) is 4.79 Å². The molecule has 1 aromatic heterocycles. The van der Waals surface area contributed by atoms with E-state index in [0.29, 0.717) is 17.4 Å². The van der Waals surface area contributed by atoms with Crippen LogP contribution in [0, 0.1) is 5.92 Å². The Labute approximate surface area is 170 Å². The van der Waals surface area contributed by atoms with E-state index in [1.54, 1.807) is 11.8 Å². The summed E-state index contributed by atoms with van der Waals surface area (Å²) in [7, 11) is 1.59. The third kappa shape index (κ3) is 3.55. The van der Waals surface area contributed by atoms with E-state index in [1.807, 2.05) is 31.2 Å². The van der Waals surface area contributed by atoms with Crippen molar-refractivity contribution in [3.8, 4) is 5.75 Å². The highest BCUT2D eigenvalue weighted by molar-refractivity contribution is 5.95. The summed E-state index contributed by atoms with van der Waals surface area (Å²) >= 11 is 0. The number of fused-ring (bicyclic) bond motifs is 1. The molecule has 0 saturated carbocycles. The number of carbonyl (C=O) groups excluding carboxylic acids is 1. The van der Waals surface area contributed by atoms with Crippen LogP contribution in [0.15, 0.2) is 54.9 Å². The van der Waals surface area contributed by atoms with Crippen LogP contribution in [0.2, 0.25) is 0 Å². The largest absolute Gasteiger partial charge is 0.495 e. The fourth-order valence-corrected chi connectivity index (χ4v) is 3.91. The van der Waals surface area contributed by atoms with Crippen LogP contribution in [-0.2, 0) is 11.2 Å². The highest BCUT2D eigenvalue weighted by Crippen LogP contribution is 2.37. The van der Waals surface area contributed by atoms with Crippen molar-refractivity contribution >= 4 is 17.5 Å². The first kappa shape index (κ1) is 19.0. The van der Waals surface area contributed by atoms with Crippen LogP contribution in [0.4, 0.5) is 11.6 Å². The summed E-state index contributed by atoms with van der Waals surface area (Å²) in [6.07, 6.45) is 2.48. The fourth-order valence-electron chi connectivity index (χ4n) is 3.91. The first-order chi connectivity index (χ1) is 14.1. The number of aryl methyl sites for hydroxylation is 1. The van der Waals surface area contributed by atoms with E-state index in [4.69, 9.17) is 4.74 Å². The number of para-hydroxylation sites is 2. The van der Waals surface area contributed by atoms with Gasteiger partial charge >= 0.3 is 0 Å². The molecule has 4 rings (SSSR count). The molecule has 1 amide bonds. The number of carbonyl (C=O) groups is 1. The minimum absolute atomic E-state index is 0.0970. The summed E-state index contributed by atoms with van der Waals surface area (Å²) in [4.78, 5) is 17.7. The molecule has 2 heterocycles. The predicted molar refractivity (Wildman–Crippen MR) is 112 cm³/mol. The normalized spacial score (nSPS) is 20.4. The minimum Gasteiger partial charge on any atom is -0.495 e. The van der Waals surface area contributed by atoms with Gasteiger partial charge in [0.1, 0.15) is 12.1 Å². The van der Waals surface area contributed by atoms with Crippen molar-refractivity contribution in [1.82, 2.24) is 14.8 Å². The van der Waals surface area contributed by atoms with Crippen molar-refractivity contribution in [2.45, 2.75) is 32.4 Å². The monoisotopic (exact) mass is 391 g/mol. The van der Waals surface area contributed by atoms with Gasteiger partial charge in [0, 0.05) is 6.04 Å². The van der Waals surface area contributed by atoms with Gasteiger partial charge in [0.15, 0.2) is 0 Å². The maximum absolute atomic E-state index is 13.4. The first-order valence-corrected chi connectivity index (χ1v) is 9.81. The molecule has 0 saturated heterocycles. The molecule has 0 fully saturated rings. The molecular formula is C22H25N5O2. The van der Waals surface area contributed by atoms with Gasteiger partial charge in [-0.2, -0.15) is 10.1 Å². The minimum atomic E-state index is -0.387. The molecule has 0 unspecified atom stereocenters.